The van der Waals surface area contributed by atoms with Gasteiger partial charge in [0.05, 0.1) is 12.1 Å². The molecule has 0 unspecified atom stereocenters. The van der Waals surface area contributed by atoms with Gasteiger partial charge in [-0.2, -0.15) is 0 Å². The van der Waals surface area contributed by atoms with E-state index in [1.165, 1.54) is 12.1 Å². The second-order valence-electron chi connectivity index (χ2n) is 5.18. The van der Waals surface area contributed by atoms with Crippen LogP contribution < -0.4 is 10.1 Å². The number of likely N-dealkylation sites (N-methyl/N-ethyl adjacent to an activating group) is 2. The summed E-state index contributed by atoms with van der Waals surface area (Å²) in [5.41, 5.74) is -0.584. The molecular weight excluding hydrogens is 259 g/mol. The van der Waals surface area contributed by atoms with Gasteiger partial charge in [0, 0.05) is 7.05 Å². The maximum atomic E-state index is 12.7. The number of rotatable bonds is 7. The summed E-state index contributed by atoms with van der Waals surface area (Å²) in [7, 11) is 1.75. The van der Waals surface area contributed by atoms with Crippen LogP contribution in [-0.2, 0) is 4.79 Å². The number of ether oxygens (including phenoxy) is 1. The Labute approximate surface area is 119 Å². The Hall–Kier alpha value is -1.62. The SMILES string of the molecule is CCNC(C)(C)C(=O)N(C)CCOc1ccc(F)cc1. The second kappa shape index (κ2) is 7.24. The monoisotopic (exact) mass is 282 g/mol. The number of hydrogen-bond donors (Lipinski definition) is 1. The standard InChI is InChI=1S/C15H23FN2O2/c1-5-17-15(2,3)14(19)18(4)10-11-20-13-8-6-12(16)7-9-13/h6-9,17H,5,10-11H2,1-4H3. The molecule has 1 rings (SSSR count). The highest BCUT2D eigenvalue weighted by atomic mass is 19.1. The summed E-state index contributed by atoms with van der Waals surface area (Å²) in [6.07, 6.45) is 0. The zero-order chi connectivity index (χ0) is 15.2. The van der Waals surface area contributed by atoms with Crippen LogP contribution in [0, 0.1) is 5.82 Å². The molecule has 1 N–H and O–H groups in total. The number of carbonyl (C=O) groups is 1. The zero-order valence-electron chi connectivity index (χ0n) is 12.6. The van der Waals surface area contributed by atoms with Crippen LogP contribution in [0.4, 0.5) is 4.39 Å². The maximum absolute atomic E-state index is 12.7. The van der Waals surface area contributed by atoms with Crippen molar-refractivity contribution < 1.29 is 13.9 Å². The molecular formula is C15H23FN2O2. The van der Waals surface area contributed by atoms with E-state index in [1.807, 2.05) is 20.8 Å². The lowest BCUT2D eigenvalue weighted by Crippen LogP contribution is -2.53. The van der Waals surface area contributed by atoms with E-state index >= 15 is 0 Å². The van der Waals surface area contributed by atoms with E-state index in [0.717, 1.165) is 6.54 Å². The summed E-state index contributed by atoms with van der Waals surface area (Å²) in [6.45, 7) is 7.26. The molecule has 0 saturated heterocycles. The summed E-state index contributed by atoms with van der Waals surface area (Å²) >= 11 is 0. The van der Waals surface area contributed by atoms with Crippen LogP contribution in [0.1, 0.15) is 20.8 Å². The Morgan fingerprint density at radius 3 is 2.50 bits per heavy atom. The number of hydrogen-bond acceptors (Lipinski definition) is 3. The Bertz CT molecular complexity index is 432. The molecule has 0 saturated carbocycles. The molecule has 0 aromatic heterocycles. The van der Waals surface area contributed by atoms with E-state index in [-0.39, 0.29) is 11.7 Å². The van der Waals surface area contributed by atoms with Gasteiger partial charge in [0.25, 0.3) is 0 Å². The predicted molar refractivity (Wildman–Crippen MR) is 77.3 cm³/mol. The largest absolute Gasteiger partial charge is 0.492 e. The highest BCUT2D eigenvalue weighted by molar-refractivity contribution is 5.85. The van der Waals surface area contributed by atoms with Crippen molar-refractivity contribution in [1.29, 1.82) is 0 Å². The van der Waals surface area contributed by atoms with Crippen molar-refractivity contribution in [2.45, 2.75) is 26.3 Å². The molecule has 1 amide bonds. The Morgan fingerprint density at radius 2 is 1.95 bits per heavy atom. The Balaban J connectivity index is 2.41. The van der Waals surface area contributed by atoms with E-state index in [4.69, 9.17) is 4.74 Å². The number of carbonyl (C=O) groups excluding carboxylic acids is 1. The molecule has 0 aliphatic heterocycles. The van der Waals surface area contributed by atoms with Crippen LogP contribution in [0.3, 0.4) is 0 Å². The molecule has 0 bridgehead atoms. The fraction of sp³-hybridized carbons (Fsp3) is 0.533. The number of amides is 1. The van der Waals surface area contributed by atoms with Gasteiger partial charge < -0.3 is 15.0 Å². The van der Waals surface area contributed by atoms with Crippen LogP contribution >= 0.6 is 0 Å². The average molecular weight is 282 g/mol. The highest BCUT2D eigenvalue weighted by Gasteiger charge is 2.28. The number of halogens is 1. The Morgan fingerprint density at radius 1 is 1.35 bits per heavy atom. The Kier molecular flexibility index (Phi) is 5.95. The topological polar surface area (TPSA) is 41.6 Å². The van der Waals surface area contributed by atoms with E-state index in [2.05, 4.69) is 5.32 Å². The lowest BCUT2D eigenvalue weighted by molar-refractivity contribution is -0.136. The minimum Gasteiger partial charge on any atom is -0.492 e. The first-order chi connectivity index (χ1) is 9.36. The third-order valence-electron chi connectivity index (χ3n) is 3.01. The van der Waals surface area contributed by atoms with Gasteiger partial charge in [-0.05, 0) is 44.7 Å². The van der Waals surface area contributed by atoms with E-state index in [9.17, 15) is 9.18 Å². The van der Waals surface area contributed by atoms with Crippen molar-refractivity contribution in [2.75, 3.05) is 26.7 Å². The third-order valence-corrected chi connectivity index (χ3v) is 3.01. The summed E-state index contributed by atoms with van der Waals surface area (Å²) in [6, 6.07) is 5.83. The summed E-state index contributed by atoms with van der Waals surface area (Å²) in [5.74, 6) is 0.317. The lowest BCUT2D eigenvalue weighted by atomic mass is 10.0. The van der Waals surface area contributed by atoms with Crippen LogP contribution in [0.25, 0.3) is 0 Å². The first kappa shape index (κ1) is 16.4. The zero-order valence-corrected chi connectivity index (χ0v) is 12.6. The molecule has 112 valence electrons. The fourth-order valence-electron chi connectivity index (χ4n) is 1.93. The molecule has 4 nitrogen and oxygen atoms in total. The molecule has 20 heavy (non-hydrogen) atoms. The van der Waals surface area contributed by atoms with Crippen LogP contribution in [-0.4, -0.2) is 43.1 Å². The van der Waals surface area contributed by atoms with Crippen molar-refractivity contribution >= 4 is 5.91 Å². The summed E-state index contributed by atoms with van der Waals surface area (Å²) < 4.78 is 18.2. The summed E-state index contributed by atoms with van der Waals surface area (Å²) in [4.78, 5) is 13.8. The van der Waals surface area contributed by atoms with Gasteiger partial charge in [-0.15, -0.1) is 0 Å². The van der Waals surface area contributed by atoms with Gasteiger partial charge in [-0.1, -0.05) is 6.92 Å². The van der Waals surface area contributed by atoms with Crippen molar-refractivity contribution in [3.05, 3.63) is 30.1 Å². The first-order valence-corrected chi connectivity index (χ1v) is 6.75. The fourth-order valence-corrected chi connectivity index (χ4v) is 1.93. The molecule has 0 heterocycles. The van der Waals surface area contributed by atoms with E-state index in [1.54, 1.807) is 24.1 Å². The normalized spacial score (nSPS) is 11.2. The predicted octanol–water partition coefficient (Wildman–Crippen LogP) is 2.05. The number of nitrogens with one attached hydrogen (secondary N) is 1. The smallest absolute Gasteiger partial charge is 0.242 e. The van der Waals surface area contributed by atoms with Crippen LogP contribution in [0.15, 0.2) is 24.3 Å². The molecule has 0 aliphatic carbocycles. The van der Waals surface area contributed by atoms with Gasteiger partial charge in [0.15, 0.2) is 0 Å². The molecule has 0 atom stereocenters. The molecule has 1 aromatic rings. The van der Waals surface area contributed by atoms with Gasteiger partial charge in [-0.3, -0.25) is 4.79 Å². The van der Waals surface area contributed by atoms with Crippen molar-refractivity contribution in [3.8, 4) is 5.75 Å². The molecule has 1 aromatic carbocycles. The molecule has 0 aliphatic rings. The van der Waals surface area contributed by atoms with Crippen LogP contribution in [0.5, 0.6) is 5.75 Å². The minimum absolute atomic E-state index is 0.0158. The van der Waals surface area contributed by atoms with E-state index < -0.39 is 5.54 Å². The van der Waals surface area contributed by atoms with Gasteiger partial charge in [0.2, 0.25) is 5.91 Å². The van der Waals surface area contributed by atoms with Crippen molar-refractivity contribution in [1.82, 2.24) is 10.2 Å². The quantitative estimate of drug-likeness (QED) is 0.832. The minimum atomic E-state index is -0.584. The lowest BCUT2D eigenvalue weighted by Gasteiger charge is -2.30. The average Bonchev–Trinajstić information content (AvgIpc) is 2.40. The van der Waals surface area contributed by atoms with Crippen molar-refractivity contribution in [3.63, 3.8) is 0 Å². The molecule has 0 spiro atoms. The number of benzene rings is 1. The first-order valence-electron chi connectivity index (χ1n) is 6.75. The molecule has 5 heteroatoms. The summed E-state index contributed by atoms with van der Waals surface area (Å²) in [5, 5.41) is 3.14. The van der Waals surface area contributed by atoms with Gasteiger partial charge in [0.1, 0.15) is 18.2 Å². The molecule has 0 fully saturated rings. The molecule has 0 radical (unpaired) electrons. The highest BCUT2D eigenvalue weighted by Crippen LogP contribution is 2.11. The van der Waals surface area contributed by atoms with Gasteiger partial charge >= 0.3 is 0 Å². The third kappa shape index (κ3) is 4.81. The van der Waals surface area contributed by atoms with Crippen LogP contribution in [0.2, 0.25) is 0 Å². The van der Waals surface area contributed by atoms with E-state index in [0.29, 0.717) is 18.9 Å². The van der Waals surface area contributed by atoms with Gasteiger partial charge in [-0.25, -0.2) is 4.39 Å². The number of nitrogens with zero attached hydrogens (tertiary/aromatic N) is 1. The van der Waals surface area contributed by atoms with Crippen molar-refractivity contribution in [2.24, 2.45) is 0 Å². The second-order valence-corrected chi connectivity index (χ2v) is 5.18. The maximum Gasteiger partial charge on any atom is 0.242 e.